The Balaban J connectivity index is 0.000000944. The largest absolute Gasteiger partial charge is 0.495 e. The van der Waals surface area contributed by atoms with Gasteiger partial charge in [0.2, 0.25) is 10.0 Å². The van der Waals surface area contributed by atoms with Crippen molar-refractivity contribution in [1.29, 1.82) is 0 Å². The second kappa shape index (κ2) is 17.3. The minimum Gasteiger partial charge on any atom is -0.495 e. The number of benzene rings is 3. The van der Waals surface area contributed by atoms with Crippen molar-refractivity contribution in [1.82, 2.24) is 5.32 Å². The summed E-state index contributed by atoms with van der Waals surface area (Å²) in [6, 6.07) is 20.3. The van der Waals surface area contributed by atoms with E-state index in [0.717, 1.165) is 23.1 Å². The number of aliphatic hydroxyl groups is 1. The molecule has 1 aliphatic heterocycles. The van der Waals surface area contributed by atoms with E-state index in [4.69, 9.17) is 24.1 Å². The van der Waals surface area contributed by atoms with Crippen molar-refractivity contribution in [3.05, 3.63) is 83.4 Å². The number of anilines is 2. The molecule has 3 aromatic rings. The number of carboxylic acid groups (broad SMARTS) is 1. The zero-order valence-electron chi connectivity index (χ0n) is 29.9. The molecule has 1 unspecified atom stereocenters. The number of ether oxygens (including phenoxy) is 3. The first-order chi connectivity index (χ1) is 24.3. The standard InChI is InChI=1S/C34H45N3O7S.C2HF3O2/c1-7-34(8-2)26-15-12-16-30(42-5)31(26)37(32(39)44-34)20-19-33(3,4)35-22-28(38)25-17-18-29(27(21-25)36-45(6,40)41)43-23-24-13-10-9-11-14-24;3-2(4,5)1(6)7/h9-18,21,28,35-36,38H,7-8,19-20,22-23H2,1-6H3;(H,6,7). The minimum atomic E-state index is -5.08. The van der Waals surface area contributed by atoms with Crippen molar-refractivity contribution >= 4 is 33.5 Å². The van der Waals surface area contributed by atoms with Gasteiger partial charge in [-0.15, -0.1) is 0 Å². The highest BCUT2D eigenvalue weighted by Crippen LogP contribution is 2.47. The third-order valence-corrected chi connectivity index (χ3v) is 9.11. The van der Waals surface area contributed by atoms with Crippen LogP contribution in [0.2, 0.25) is 0 Å². The van der Waals surface area contributed by atoms with E-state index < -0.39 is 45.5 Å². The summed E-state index contributed by atoms with van der Waals surface area (Å²) in [6.45, 7) is 8.83. The number of halogens is 3. The van der Waals surface area contributed by atoms with Gasteiger partial charge in [0.05, 0.1) is 30.8 Å². The van der Waals surface area contributed by atoms with Crippen LogP contribution in [0.15, 0.2) is 66.7 Å². The quantitative estimate of drug-likeness (QED) is 0.131. The summed E-state index contributed by atoms with van der Waals surface area (Å²) >= 11 is 0. The van der Waals surface area contributed by atoms with E-state index in [2.05, 4.69) is 10.0 Å². The molecule has 3 aromatic carbocycles. The Morgan fingerprint density at radius 2 is 1.65 bits per heavy atom. The SMILES string of the molecule is CCC1(CC)OC(=O)N(CCC(C)(C)NCC(O)c2ccc(OCc3ccccc3)c(NS(C)(=O)=O)c2)c2c(OC)cccc21.O=C(O)C(F)(F)F. The molecule has 0 bridgehead atoms. The Morgan fingerprint density at radius 3 is 2.21 bits per heavy atom. The van der Waals surface area contributed by atoms with Crippen molar-refractivity contribution in [2.75, 3.05) is 36.1 Å². The highest BCUT2D eigenvalue weighted by atomic mass is 32.2. The predicted octanol–water partition coefficient (Wildman–Crippen LogP) is 6.74. The first-order valence-corrected chi connectivity index (χ1v) is 18.3. The van der Waals surface area contributed by atoms with Crippen molar-refractivity contribution in [3.63, 3.8) is 0 Å². The Labute approximate surface area is 301 Å². The molecule has 4 rings (SSSR count). The van der Waals surface area contributed by atoms with Crippen LogP contribution in [0.5, 0.6) is 11.5 Å². The summed E-state index contributed by atoms with van der Waals surface area (Å²) in [4.78, 5) is 23.9. The molecule has 12 nitrogen and oxygen atoms in total. The van der Waals surface area contributed by atoms with Gasteiger partial charge in [0.1, 0.15) is 23.7 Å². The highest BCUT2D eigenvalue weighted by Gasteiger charge is 2.44. The monoisotopic (exact) mass is 753 g/mol. The van der Waals surface area contributed by atoms with E-state index in [0.29, 0.717) is 42.9 Å². The molecular weight excluding hydrogens is 707 g/mol. The van der Waals surface area contributed by atoms with Crippen molar-refractivity contribution < 1.29 is 55.6 Å². The van der Waals surface area contributed by atoms with Crippen LogP contribution in [0, 0.1) is 0 Å². The van der Waals surface area contributed by atoms with Crippen LogP contribution in [-0.2, 0) is 31.8 Å². The van der Waals surface area contributed by atoms with E-state index in [9.17, 15) is 31.5 Å². The van der Waals surface area contributed by atoms with Crippen LogP contribution < -0.4 is 24.4 Å². The topological polar surface area (TPSA) is 164 Å². The third-order valence-electron chi connectivity index (χ3n) is 8.52. The number of rotatable bonds is 15. The molecular formula is C36H46F3N3O9S. The van der Waals surface area contributed by atoms with Gasteiger partial charge in [0, 0.05) is 24.2 Å². The molecule has 1 heterocycles. The fourth-order valence-corrected chi connectivity index (χ4v) is 6.10. The van der Waals surface area contributed by atoms with Crippen LogP contribution in [0.4, 0.5) is 29.3 Å². The lowest BCUT2D eigenvalue weighted by molar-refractivity contribution is -0.192. The number of β-amino-alcohol motifs (C(OH)–C–C–N with tert-alkyl or cyclic N) is 1. The van der Waals surface area contributed by atoms with Gasteiger partial charge in [-0.25, -0.2) is 18.0 Å². The lowest BCUT2D eigenvalue weighted by Gasteiger charge is -2.43. The Kier molecular flexibility index (Phi) is 13.9. The number of sulfonamides is 1. The predicted molar refractivity (Wildman–Crippen MR) is 190 cm³/mol. The van der Waals surface area contributed by atoms with Gasteiger partial charge in [-0.05, 0) is 62.4 Å². The number of nitrogens with zero attached hydrogens (tertiary/aromatic N) is 1. The smallest absolute Gasteiger partial charge is 0.490 e. The lowest BCUT2D eigenvalue weighted by Crippen LogP contribution is -2.49. The Morgan fingerprint density at radius 1 is 1.02 bits per heavy atom. The molecule has 1 atom stereocenters. The number of carboxylic acids is 1. The third kappa shape index (κ3) is 11.2. The summed E-state index contributed by atoms with van der Waals surface area (Å²) < 4.78 is 76.0. The Bertz CT molecular complexity index is 1780. The number of fused-ring (bicyclic) bond motifs is 1. The average Bonchev–Trinajstić information content (AvgIpc) is 3.08. The molecule has 0 aliphatic carbocycles. The second-order valence-corrected chi connectivity index (χ2v) is 14.6. The van der Waals surface area contributed by atoms with Crippen LogP contribution in [0.3, 0.4) is 0 Å². The molecule has 0 saturated carbocycles. The fourth-order valence-electron chi connectivity index (χ4n) is 5.55. The zero-order valence-corrected chi connectivity index (χ0v) is 30.7. The molecule has 0 aromatic heterocycles. The molecule has 52 heavy (non-hydrogen) atoms. The van der Waals surface area contributed by atoms with Gasteiger partial charge in [-0.1, -0.05) is 62.4 Å². The van der Waals surface area contributed by atoms with Gasteiger partial charge in [-0.2, -0.15) is 13.2 Å². The van der Waals surface area contributed by atoms with E-state index in [-0.39, 0.29) is 18.8 Å². The van der Waals surface area contributed by atoms with E-state index in [1.54, 1.807) is 30.2 Å². The number of hydrogen-bond acceptors (Lipinski definition) is 9. The summed E-state index contributed by atoms with van der Waals surface area (Å²) in [7, 11) is -2.00. The summed E-state index contributed by atoms with van der Waals surface area (Å²) in [6.07, 6.45) is -3.52. The average molecular weight is 754 g/mol. The first kappa shape index (κ1) is 41.9. The van der Waals surface area contributed by atoms with E-state index in [1.807, 2.05) is 76.2 Å². The molecule has 16 heteroatoms. The van der Waals surface area contributed by atoms with Crippen LogP contribution in [0.25, 0.3) is 0 Å². The normalized spacial score (nSPS) is 14.7. The number of alkyl halides is 3. The first-order valence-electron chi connectivity index (χ1n) is 16.5. The number of methoxy groups -OCH3 is 1. The van der Waals surface area contributed by atoms with Crippen molar-refractivity contribution in [3.8, 4) is 11.5 Å². The maximum Gasteiger partial charge on any atom is 0.490 e. The van der Waals surface area contributed by atoms with Crippen LogP contribution in [-0.4, -0.2) is 68.9 Å². The highest BCUT2D eigenvalue weighted by molar-refractivity contribution is 7.92. The van der Waals surface area contributed by atoms with E-state index >= 15 is 0 Å². The van der Waals surface area contributed by atoms with Gasteiger partial charge in [0.25, 0.3) is 0 Å². The number of carbonyl (C=O) groups excluding carboxylic acids is 1. The molecule has 0 spiro atoms. The maximum absolute atomic E-state index is 13.3. The minimum absolute atomic E-state index is 0.189. The molecule has 1 amide bonds. The summed E-state index contributed by atoms with van der Waals surface area (Å²) in [5, 5.41) is 21.6. The number of amides is 1. The van der Waals surface area contributed by atoms with Gasteiger partial charge in [-0.3, -0.25) is 9.62 Å². The second-order valence-electron chi connectivity index (χ2n) is 12.8. The maximum atomic E-state index is 13.3. The molecule has 286 valence electrons. The molecule has 1 aliphatic rings. The van der Waals surface area contributed by atoms with E-state index in [1.165, 1.54) is 0 Å². The number of cyclic esters (lactones) is 1. The summed E-state index contributed by atoms with van der Waals surface area (Å²) in [5.41, 5.74) is 2.18. The molecule has 0 fully saturated rings. The molecule has 4 N–H and O–H groups in total. The number of hydrogen-bond donors (Lipinski definition) is 4. The number of aliphatic hydroxyl groups excluding tert-OH is 1. The number of carbonyl (C=O) groups is 2. The Hall–Kier alpha value is -4.54. The lowest BCUT2D eigenvalue weighted by atomic mass is 9.85. The summed E-state index contributed by atoms with van der Waals surface area (Å²) in [5.74, 6) is -1.79. The fraction of sp³-hybridized carbons (Fsp3) is 0.444. The van der Waals surface area contributed by atoms with Crippen molar-refractivity contribution in [2.45, 2.75) is 77.0 Å². The van der Waals surface area contributed by atoms with Crippen LogP contribution >= 0.6 is 0 Å². The van der Waals surface area contributed by atoms with Gasteiger partial charge >= 0.3 is 18.2 Å². The number of para-hydroxylation sites is 1. The number of nitrogens with one attached hydrogen (secondary N) is 2. The van der Waals surface area contributed by atoms with Crippen molar-refractivity contribution in [2.24, 2.45) is 0 Å². The molecule has 0 saturated heterocycles. The van der Waals surface area contributed by atoms with Gasteiger partial charge in [0.15, 0.2) is 0 Å². The molecule has 0 radical (unpaired) electrons. The van der Waals surface area contributed by atoms with Gasteiger partial charge < -0.3 is 29.7 Å². The number of aliphatic carboxylic acids is 1. The van der Waals surface area contributed by atoms with Crippen LogP contribution in [0.1, 0.15) is 69.8 Å². The zero-order chi connectivity index (χ0) is 38.9.